The largest absolute Gasteiger partial charge is 0.497 e. The van der Waals surface area contributed by atoms with Crippen LogP contribution in [-0.2, 0) is 16.0 Å². The number of hydrogen-bond donors (Lipinski definition) is 0. The van der Waals surface area contributed by atoms with Gasteiger partial charge in [-0.3, -0.25) is 4.79 Å². The summed E-state index contributed by atoms with van der Waals surface area (Å²) in [7, 11) is 1.62. The standard InChI is InChI=1S/C15H22O3/c1-11(18-15(2,3)4)14(16)10-12-7-6-8-13(9-12)17-5/h6-9,11H,10H2,1-5H3. The Kier molecular flexibility index (Phi) is 4.91. The molecule has 100 valence electrons. The van der Waals surface area contributed by atoms with Gasteiger partial charge in [0.05, 0.1) is 12.7 Å². The Bertz CT molecular complexity index is 404. The summed E-state index contributed by atoms with van der Waals surface area (Å²) in [6, 6.07) is 7.55. The van der Waals surface area contributed by atoms with Crippen molar-refractivity contribution in [2.75, 3.05) is 7.11 Å². The molecule has 0 aliphatic rings. The van der Waals surface area contributed by atoms with E-state index in [0.717, 1.165) is 11.3 Å². The Morgan fingerprint density at radius 1 is 1.33 bits per heavy atom. The lowest BCUT2D eigenvalue weighted by atomic mass is 10.0. The van der Waals surface area contributed by atoms with Gasteiger partial charge in [-0.2, -0.15) is 0 Å². The fourth-order valence-electron chi connectivity index (χ4n) is 1.72. The molecule has 0 bridgehead atoms. The third kappa shape index (κ3) is 4.88. The highest BCUT2D eigenvalue weighted by molar-refractivity contribution is 5.85. The first kappa shape index (κ1) is 14.7. The quantitative estimate of drug-likeness (QED) is 0.806. The molecule has 1 aromatic carbocycles. The molecular weight excluding hydrogens is 228 g/mol. The van der Waals surface area contributed by atoms with Crippen molar-refractivity contribution in [3.8, 4) is 5.75 Å². The molecule has 1 rings (SSSR count). The van der Waals surface area contributed by atoms with Gasteiger partial charge in [0.2, 0.25) is 0 Å². The van der Waals surface area contributed by atoms with Crippen LogP contribution in [0.3, 0.4) is 0 Å². The van der Waals surface area contributed by atoms with E-state index in [4.69, 9.17) is 9.47 Å². The van der Waals surface area contributed by atoms with E-state index in [1.807, 2.05) is 45.0 Å². The SMILES string of the molecule is COc1cccc(CC(=O)C(C)OC(C)(C)C)c1. The Hall–Kier alpha value is -1.35. The van der Waals surface area contributed by atoms with Gasteiger partial charge in [0.25, 0.3) is 0 Å². The fourth-order valence-corrected chi connectivity index (χ4v) is 1.72. The van der Waals surface area contributed by atoms with E-state index in [1.165, 1.54) is 0 Å². The summed E-state index contributed by atoms with van der Waals surface area (Å²) in [5.41, 5.74) is 0.646. The number of carbonyl (C=O) groups excluding carboxylic acids is 1. The van der Waals surface area contributed by atoms with Gasteiger partial charge in [0.1, 0.15) is 11.9 Å². The highest BCUT2D eigenvalue weighted by Gasteiger charge is 2.21. The van der Waals surface area contributed by atoms with Crippen molar-refractivity contribution < 1.29 is 14.3 Å². The Balaban J connectivity index is 2.63. The summed E-state index contributed by atoms with van der Waals surface area (Å²) >= 11 is 0. The first-order valence-electron chi connectivity index (χ1n) is 6.15. The highest BCUT2D eigenvalue weighted by Crippen LogP contribution is 2.16. The zero-order chi connectivity index (χ0) is 13.8. The van der Waals surface area contributed by atoms with Crippen LogP contribution in [0.15, 0.2) is 24.3 Å². The van der Waals surface area contributed by atoms with E-state index < -0.39 is 6.10 Å². The maximum atomic E-state index is 12.0. The summed E-state index contributed by atoms with van der Waals surface area (Å²) in [6.07, 6.45) is -0.0229. The van der Waals surface area contributed by atoms with Gasteiger partial charge >= 0.3 is 0 Å². The lowest BCUT2D eigenvalue weighted by Crippen LogP contribution is -2.31. The third-order valence-electron chi connectivity index (χ3n) is 2.50. The van der Waals surface area contributed by atoms with Crippen molar-refractivity contribution >= 4 is 5.78 Å². The second kappa shape index (κ2) is 6.01. The highest BCUT2D eigenvalue weighted by atomic mass is 16.5. The molecule has 1 atom stereocenters. The minimum Gasteiger partial charge on any atom is -0.497 e. The van der Waals surface area contributed by atoms with E-state index in [1.54, 1.807) is 14.0 Å². The van der Waals surface area contributed by atoms with E-state index >= 15 is 0 Å². The van der Waals surface area contributed by atoms with Gasteiger partial charge in [-0.15, -0.1) is 0 Å². The van der Waals surface area contributed by atoms with E-state index in [-0.39, 0.29) is 11.4 Å². The molecule has 0 aromatic heterocycles. The second-order valence-corrected chi connectivity index (χ2v) is 5.37. The van der Waals surface area contributed by atoms with Gasteiger partial charge < -0.3 is 9.47 Å². The van der Waals surface area contributed by atoms with Gasteiger partial charge in [0.15, 0.2) is 5.78 Å². The maximum absolute atomic E-state index is 12.0. The molecular formula is C15H22O3. The molecule has 0 saturated heterocycles. The lowest BCUT2D eigenvalue weighted by Gasteiger charge is -2.24. The number of benzene rings is 1. The van der Waals surface area contributed by atoms with Crippen LogP contribution in [0.1, 0.15) is 33.3 Å². The summed E-state index contributed by atoms with van der Waals surface area (Å²) in [5, 5.41) is 0. The zero-order valence-electron chi connectivity index (χ0n) is 11.8. The molecule has 0 aliphatic heterocycles. The van der Waals surface area contributed by atoms with Crippen LogP contribution in [0, 0.1) is 0 Å². The minimum atomic E-state index is -0.392. The second-order valence-electron chi connectivity index (χ2n) is 5.37. The van der Waals surface area contributed by atoms with Crippen molar-refractivity contribution in [1.82, 2.24) is 0 Å². The summed E-state index contributed by atoms with van der Waals surface area (Å²) in [6.45, 7) is 7.64. The number of rotatable bonds is 5. The third-order valence-corrected chi connectivity index (χ3v) is 2.50. The van der Waals surface area contributed by atoms with Crippen molar-refractivity contribution in [3.63, 3.8) is 0 Å². The average molecular weight is 250 g/mol. The molecule has 1 aromatic rings. The number of methoxy groups -OCH3 is 1. The molecule has 0 N–H and O–H groups in total. The van der Waals surface area contributed by atoms with E-state index in [0.29, 0.717) is 6.42 Å². The predicted molar refractivity (Wildman–Crippen MR) is 72.0 cm³/mol. The summed E-state index contributed by atoms with van der Waals surface area (Å²) < 4.78 is 10.8. The lowest BCUT2D eigenvalue weighted by molar-refractivity contribution is -0.137. The molecule has 0 saturated carbocycles. The van der Waals surface area contributed by atoms with Crippen LogP contribution in [0.4, 0.5) is 0 Å². The number of carbonyl (C=O) groups is 1. The monoisotopic (exact) mass is 250 g/mol. The maximum Gasteiger partial charge on any atom is 0.165 e. The summed E-state index contributed by atoms with van der Waals surface area (Å²) in [4.78, 5) is 12.0. The first-order valence-corrected chi connectivity index (χ1v) is 6.15. The van der Waals surface area contributed by atoms with E-state index in [2.05, 4.69) is 0 Å². The Morgan fingerprint density at radius 3 is 2.56 bits per heavy atom. The molecule has 3 heteroatoms. The van der Waals surface area contributed by atoms with Crippen LogP contribution in [0.5, 0.6) is 5.75 Å². The fraction of sp³-hybridized carbons (Fsp3) is 0.533. The van der Waals surface area contributed by atoms with Crippen LogP contribution >= 0.6 is 0 Å². The molecule has 0 aliphatic carbocycles. The molecule has 3 nitrogen and oxygen atoms in total. The van der Waals surface area contributed by atoms with Crippen LogP contribution in [0.25, 0.3) is 0 Å². The molecule has 18 heavy (non-hydrogen) atoms. The van der Waals surface area contributed by atoms with Crippen LogP contribution in [0.2, 0.25) is 0 Å². The molecule has 0 amide bonds. The number of ether oxygens (including phenoxy) is 2. The molecule has 1 unspecified atom stereocenters. The van der Waals surface area contributed by atoms with Gasteiger partial charge in [-0.25, -0.2) is 0 Å². The molecule has 0 heterocycles. The first-order chi connectivity index (χ1) is 8.31. The zero-order valence-corrected chi connectivity index (χ0v) is 11.8. The van der Waals surface area contributed by atoms with Crippen molar-refractivity contribution in [3.05, 3.63) is 29.8 Å². The molecule has 0 spiro atoms. The van der Waals surface area contributed by atoms with Crippen LogP contribution < -0.4 is 4.74 Å². The van der Waals surface area contributed by atoms with Crippen molar-refractivity contribution in [1.29, 1.82) is 0 Å². The number of Topliss-reactive ketones (excluding diaryl/α,β-unsaturated/α-hetero) is 1. The van der Waals surface area contributed by atoms with Crippen molar-refractivity contribution in [2.45, 2.75) is 45.8 Å². The smallest absolute Gasteiger partial charge is 0.165 e. The minimum absolute atomic E-state index is 0.0816. The summed E-state index contributed by atoms with van der Waals surface area (Å²) in [5.74, 6) is 0.850. The normalized spacial score (nSPS) is 13.2. The van der Waals surface area contributed by atoms with Gasteiger partial charge in [0, 0.05) is 6.42 Å². The average Bonchev–Trinajstić information content (AvgIpc) is 2.27. The van der Waals surface area contributed by atoms with Crippen molar-refractivity contribution in [2.24, 2.45) is 0 Å². The Morgan fingerprint density at radius 2 is 2.00 bits per heavy atom. The van der Waals surface area contributed by atoms with Crippen LogP contribution in [-0.4, -0.2) is 24.6 Å². The van der Waals surface area contributed by atoms with Gasteiger partial charge in [-0.1, -0.05) is 12.1 Å². The molecule has 0 radical (unpaired) electrons. The predicted octanol–water partition coefficient (Wildman–Crippen LogP) is 3.01. The number of ketones is 1. The molecule has 0 fully saturated rings. The topological polar surface area (TPSA) is 35.5 Å². The van der Waals surface area contributed by atoms with Gasteiger partial charge in [-0.05, 0) is 45.4 Å². The van der Waals surface area contributed by atoms with E-state index in [9.17, 15) is 4.79 Å². The number of hydrogen-bond acceptors (Lipinski definition) is 3. The Labute approximate surface area is 109 Å².